The van der Waals surface area contributed by atoms with Crippen LogP contribution in [-0.4, -0.2) is 70.1 Å². The van der Waals surface area contributed by atoms with Crippen molar-refractivity contribution in [3.05, 3.63) is 41.9 Å². The second kappa shape index (κ2) is 7.12. The third-order valence-corrected chi connectivity index (χ3v) is 3.90. The largest absolute Gasteiger partial charge is 0.481 e. The predicted octanol–water partition coefficient (Wildman–Crippen LogP) is 0.541. The fraction of sp³-hybridized carbons (Fsp3) is 0.312. The van der Waals surface area contributed by atoms with Crippen LogP contribution in [0, 0.1) is 0 Å². The van der Waals surface area contributed by atoms with Crippen LogP contribution in [0.5, 0.6) is 5.88 Å². The van der Waals surface area contributed by atoms with Crippen molar-refractivity contribution in [3.8, 4) is 5.88 Å². The van der Waals surface area contributed by atoms with Gasteiger partial charge in [0.1, 0.15) is 5.69 Å². The molecule has 9 nitrogen and oxygen atoms in total. The first-order valence-corrected chi connectivity index (χ1v) is 7.69. The second-order valence-corrected chi connectivity index (χ2v) is 5.41. The number of aromatic nitrogens is 3. The molecule has 130 valence electrons. The monoisotopic (exact) mass is 343 g/mol. The molecule has 1 aliphatic rings. The van der Waals surface area contributed by atoms with Gasteiger partial charge in [-0.1, -0.05) is 0 Å². The number of carbonyl (C=O) groups is 2. The Hall–Kier alpha value is -3.23. The van der Waals surface area contributed by atoms with Crippen molar-refractivity contribution >= 4 is 17.8 Å². The predicted molar refractivity (Wildman–Crippen MR) is 87.9 cm³/mol. The Morgan fingerprint density at radius 2 is 1.84 bits per heavy atom. The van der Waals surface area contributed by atoms with Crippen molar-refractivity contribution in [2.24, 2.45) is 0 Å². The van der Waals surface area contributed by atoms with E-state index in [-0.39, 0.29) is 17.2 Å². The van der Waals surface area contributed by atoms with Gasteiger partial charge in [0, 0.05) is 44.6 Å². The number of piperazine rings is 1. The summed E-state index contributed by atoms with van der Waals surface area (Å²) in [5.74, 6) is -0.332. The maximum absolute atomic E-state index is 12.5. The molecule has 3 rings (SSSR count). The number of pyridine rings is 1. The lowest BCUT2D eigenvalue weighted by Crippen LogP contribution is -2.49. The quantitative estimate of drug-likeness (QED) is 0.857. The van der Waals surface area contributed by atoms with E-state index in [1.54, 1.807) is 24.3 Å². The van der Waals surface area contributed by atoms with Gasteiger partial charge in [0.15, 0.2) is 0 Å². The first kappa shape index (κ1) is 16.6. The number of carboxylic acid groups (broad SMARTS) is 1. The molecule has 9 heteroatoms. The number of aromatic carboxylic acids is 1. The lowest BCUT2D eigenvalue weighted by molar-refractivity contribution is 0.0696. The molecule has 1 fully saturated rings. The number of ether oxygens (including phenoxy) is 1. The van der Waals surface area contributed by atoms with E-state index in [0.717, 1.165) is 0 Å². The molecule has 1 saturated heterocycles. The highest BCUT2D eigenvalue weighted by atomic mass is 16.5. The minimum atomic E-state index is -1.09. The second-order valence-electron chi connectivity index (χ2n) is 5.41. The van der Waals surface area contributed by atoms with E-state index in [9.17, 15) is 9.59 Å². The highest BCUT2D eigenvalue weighted by Crippen LogP contribution is 2.15. The maximum atomic E-state index is 12.5. The number of anilines is 1. The standard InChI is InChI=1S/C16H17N5O4/c1-25-13-3-5-18-16(19-13)21-8-6-20(7-9-21)14(22)12-10-11(15(23)24)2-4-17-12/h2-5,10H,6-9H2,1H3,(H,23,24). The van der Waals surface area contributed by atoms with Gasteiger partial charge in [0.2, 0.25) is 11.8 Å². The van der Waals surface area contributed by atoms with Crippen molar-refractivity contribution in [1.29, 1.82) is 0 Å². The summed E-state index contributed by atoms with van der Waals surface area (Å²) in [4.78, 5) is 39.6. The summed E-state index contributed by atoms with van der Waals surface area (Å²) < 4.78 is 5.09. The van der Waals surface area contributed by atoms with Crippen LogP contribution in [0.25, 0.3) is 0 Å². The maximum Gasteiger partial charge on any atom is 0.335 e. The van der Waals surface area contributed by atoms with E-state index in [2.05, 4.69) is 15.0 Å². The van der Waals surface area contributed by atoms with Gasteiger partial charge < -0.3 is 19.6 Å². The normalized spacial score (nSPS) is 14.3. The Labute approximate surface area is 143 Å². The number of amides is 1. The van der Waals surface area contributed by atoms with Crippen molar-refractivity contribution in [2.75, 3.05) is 38.2 Å². The Balaban J connectivity index is 1.66. The van der Waals surface area contributed by atoms with Gasteiger partial charge in [0.25, 0.3) is 5.91 Å². The van der Waals surface area contributed by atoms with Crippen molar-refractivity contribution < 1.29 is 19.4 Å². The summed E-state index contributed by atoms with van der Waals surface area (Å²) in [5.41, 5.74) is 0.174. The van der Waals surface area contributed by atoms with E-state index < -0.39 is 5.97 Å². The molecule has 25 heavy (non-hydrogen) atoms. The topological polar surface area (TPSA) is 109 Å². The molecule has 2 aromatic heterocycles. The lowest BCUT2D eigenvalue weighted by Gasteiger charge is -2.34. The number of carbonyl (C=O) groups excluding carboxylic acids is 1. The van der Waals surface area contributed by atoms with Crippen LogP contribution < -0.4 is 9.64 Å². The van der Waals surface area contributed by atoms with E-state index in [1.165, 1.54) is 18.3 Å². The Kier molecular flexibility index (Phi) is 4.73. The number of hydrogen-bond acceptors (Lipinski definition) is 7. The fourth-order valence-corrected chi connectivity index (χ4v) is 2.55. The highest BCUT2D eigenvalue weighted by molar-refractivity contribution is 5.95. The van der Waals surface area contributed by atoms with Gasteiger partial charge in [-0.15, -0.1) is 0 Å². The summed E-state index contributed by atoms with van der Waals surface area (Å²) in [7, 11) is 1.54. The molecule has 1 amide bonds. The Morgan fingerprint density at radius 3 is 2.52 bits per heavy atom. The van der Waals surface area contributed by atoms with E-state index in [1.807, 2.05) is 4.90 Å². The Morgan fingerprint density at radius 1 is 1.12 bits per heavy atom. The highest BCUT2D eigenvalue weighted by Gasteiger charge is 2.25. The number of rotatable bonds is 4. The molecule has 2 aromatic rings. The SMILES string of the molecule is COc1ccnc(N2CCN(C(=O)c3cc(C(=O)O)ccn3)CC2)n1. The van der Waals surface area contributed by atoms with E-state index in [4.69, 9.17) is 9.84 Å². The van der Waals surface area contributed by atoms with Crippen molar-refractivity contribution in [1.82, 2.24) is 19.9 Å². The van der Waals surface area contributed by atoms with Gasteiger partial charge >= 0.3 is 5.97 Å². The Bertz CT molecular complexity index is 790. The van der Waals surface area contributed by atoms with Crippen molar-refractivity contribution in [3.63, 3.8) is 0 Å². The van der Waals surface area contributed by atoms with Gasteiger partial charge in [-0.2, -0.15) is 4.98 Å². The van der Waals surface area contributed by atoms with Gasteiger partial charge in [0.05, 0.1) is 12.7 Å². The molecule has 0 unspecified atom stereocenters. The number of methoxy groups -OCH3 is 1. The van der Waals surface area contributed by atoms with Gasteiger partial charge in [-0.25, -0.2) is 9.78 Å². The van der Waals surface area contributed by atoms with Gasteiger partial charge in [-0.05, 0) is 12.1 Å². The minimum absolute atomic E-state index is 0.0433. The molecule has 0 radical (unpaired) electrons. The molecule has 0 saturated carbocycles. The zero-order valence-corrected chi connectivity index (χ0v) is 13.6. The molecule has 0 spiro atoms. The first-order valence-electron chi connectivity index (χ1n) is 7.69. The van der Waals surface area contributed by atoms with Crippen molar-refractivity contribution in [2.45, 2.75) is 0 Å². The van der Waals surface area contributed by atoms with Crippen LogP contribution >= 0.6 is 0 Å². The smallest absolute Gasteiger partial charge is 0.335 e. The zero-order valence-electron chi connectivity index (χ0n) is 13.6. The molecule has 0 bridgehead atoms. The summed E-state index contributed by atoms with van der Waals surface area (Å²) in [6, 6.07) is 4.32. The first-order chi connectivity index (χ1) is 12.1. The number of hydrogen-bond donors (Lipinski definition) is 1. The average molecular weight is 343 g/mol. The lowest BCUT2D eigenvalue weighted by atomic mass is 10.2. The summed E-state index contributed by atoms with van der Waals surface area (Å²) >= 11 is 0. The van der Waals surface area contributed by atoms with E-state index >= 15 is 0 Å². The average Bonchev–Trinajstić information content (AvgIpc) is 2.67. The van der Waals surface area contributed by atoms with Crippen LogP contribution in [0.2, 0.25) is 0 Å². The molecular formula is C16H17N5O4. The van der Waals surface area contributed by atoms with Crippen LogP contribution in [0.1, 0.15) is 20.8 Å². The summed E-state index contributed by atoms with van der Waals surface area (Å²) in [5, 5.41) is 9.02. The summed E-state index contributed by atoms with van der Waals surface area (Å²) in [6.07, 6.45) is 2.96. The van der Waals surface area contributed by atoms with Crippen LogP contribution in [0.15, 0.2) is 30.6 Å². The van der Waals surface area contributed by atoms with Gasteiger partial charge in [-0.3, -0.25) is 9.78 Å². The summed E-state index contributed by atoms with van der Waals surface area (Å²) in [6.45, 7) is 2.08. The molecule has 0 atom stereocenters. The van der Waals surface area contributed by atoms with Crippen LogP contribution in [0.4, 0.5) is 5.95 Å². The molecule has 1 aliphatic heterocycles. The minimum Gasteiger partial charge on any atom is -0.481 e. The fourth-order valence-electron chi connectivity index (χ4n) is 2.55. The molecule has 0 aromatic carbocycles. The molecule has 0 aliphatic carbocycles. The zero-order chi connectivity index (χ0) is 17.8. The van der Waals surface area contributed by atoms with E-state index in [0.29, 0.717) is 38.0 Å². The third kappa shape index (κ3) is 3.65. The number of carboxylic acids is 1. The molecule has 3 heterocycles. The van der Waals surface area contributed by atoms with Crippen LogP contribution in [0.3, 0.4) is 0 Å². The number of nitrogens with zero attached hydrogens (tertiary/aromatic N) is 5. The molecule has 1 N–H and O–H groups in total. The van der Waals surface area contributed by atoms with Crippen LogP contribution in [-0.2, 0) is 0 Å². The third-order valence-electron chi connectivity index (χ3n) is 3.90. The molecular weight excluding hydrogens is 326 g/mol.